The van der Waals surface area contributed by atoms with Gasteiger partial charge in [-0.1, -0.05) is 6.92 Å². The summed E-state index contributed by atoms with van der Waals surface area (Å²) in [6, 6.07) is 2.47. The molecule has 2 heteroatoms. The Bertz CT molecular complexity index is 279. The summed E-state index contributed by atoms with van der Waals surface area (Å²) in [6.07, 6.45) is 1.32. The van der Waals surface area contributed by atoms with Crippen molar-refractivity contribution in [2.75, 3.05) is 0 Å². The molecule has 1 aromatic heterocycles. The molecule has 1 saturated carbocycles. The minimum atomic E-state index is 0.297. The summed E-state index contributed by atoms with van der Waals surface area (Å²) in [5.41, 5.74) is 7.51. The minimum absolute atomic E-state index is 0.297. The smallest absolute Gasteiger partial charge is 0.0337 e. The van der Waals surface area contributed by atoms with Crippen molar-refractivity contribution < 1.29 is 0 Å². The number of aryl methyl sites for hydroxylation is 1. The van der Waals surface area contributed by atoms with E-state index in [0.717, 1.165) is 11.8 Å². The summed E-state index contributed by atoms with van der Waals surface area (Å²) in [6.45, 7) is 4.44. The molecule has 66 valence electrons. The summed E-state index contributed by atoms with van der Waals surface area (Å²) in [5.74, 6) is 1.59. The fraction of sp³-hybridized carbons (Fsp3) is 0.600. The highest BCUT2D eigenvalue weighted by Gasteiger charge is 2.38. The monoisotopic (exact) mass is 181 g/mol. The molecule has 3 atom stereocenters. The summed E-state index contributed by atoms with van der Waals surface area (Å²) in [5, 5.41) is 2.14. The first-order valence-corrected chi connectivity index (χ1v) is 5.37. The number of hydrogen-bond acceptors (Lipinski definition) is 2. The third kappa shape index (κ3) is 1.29. The Labute approximate surface area is 77.6 Å². The first-order valence-electron chi connectivity index (χ1n) is 4.49. The Kier molecular flexibility index (Phi) is 1.97. The topological polar surface area (TPSA) is 26.0 Å². The van der Waals surface area contributed by atoms with Crippen LogP contribution in [0.5, 0.6) is 0 Å². The predicted molar refractivity (Wildman–Crippen MR) is 53.3 cm³/mol. The summed E-state index contributed by atoms with van der Waals surface area (Å²) >= 11 is 1.80. The van der Waals surface area contributed by atoms with Crippen LogP contribution >= 0.6 is 11.3 Å². The van der Waals surface area contributed by atoms with Crippen LogP contribution in [-0.4, -0.2) is 0 Å². The molecular formula is C10H15NS. The molecule has 0 aromatic carbocycles. The lowest BCUT2D eigenvalue weighted by molar-refractivity contribution is 0.593. The highest BCUT2D eigenvalue weighted by atomic mass is 32.1. The second-order valence-electron chi connectivity index (χ2n) is 3.83. The number of hydrogen-bond donors (Lipinski definition) is 1. The second kappa shape index (κ2) is 2.86. The lowest BCUT2D eigenvalue weighted by atomic mass is 10.0. The van der Waals surface area contributed by atoms with Crippen molar-refractivity contribution in [2.24, 2.45) is 17.6 Å². The zero-order valence-electron chi connectivity index (χ0n) is 7.58. The quantitative estimate of drug-likeness (QED) is 0.746. The fourth-order valence-corrected chi connectivity index (χ4v) is 2.58. The van der Waals surface area contributed by atoms with E-state index in [1.165, 1.54) is 16.9 Å². The van der Waals surface area contributed by atoms with Crippen LogP contribution in [0, 0.1) is 18.8 Å². The van der Waals surface area contributed by atoms with E-state index in [1.54, 1.807) is 11.3 Å². The van der Waals surface area contributed by atoms with Gasteiger partial charge >= 0.3 is 0 Å². The van der Waals surface area contributed by atoms with Gasteiger partial charge in [-0.25, -0.2) is 0 Å². The molecule has 0 radical (unpaired) electrons. The molecule has 3 unspecified atom stereocenters. The van der Waals surface area contributed by atoms with Crippen LogP contribution in [0.2, 0.25) is 0 Å². The van der Waals surface area contributed by atoms with Gasteiger partial charge in [0.25, 0.3) is 0 Å². The molecule has 0 bridgehead atoms. The summed E-state index contributed by atoms with van der Waals surface area (Å²) < 4.78 is 0. The van der Waals surface area contributed by atoms with Crippen LogP contribution < -0.4 is 5.73 Å². The summed E-state index contributed by atoms with van der Waals surface area (Å²) in [7, 11) is 0. The van der Waals surface area contributed by atoms with Crippen LogP contribution in [0.3, 0.4) is 0 Å². The SMILES string of the molecule is Cc1sccc1C(N)C1CC1C. The molecule has 1 heterocycles. The lowest BCUT2D eigenvalue weighted by Gasteiger charge is -2.09. The van der Waals surface area contributed by atoms with Gasteiger partial charge in [0, 0.05) is 10.9 Å². The third-order valence-corrected chi connectivity index (χ3v) is 3.75. The molecule has 0 spiro atoms. The summed E-state index contributed by atoms with van der Waals surface area (Å²) in [4.78, 5) is 1.39. The van der Waals surface area contributed by atoms with E-state index in [9.17, 15) is 0 Å². The first-order chi connectivity index (χ1) is 5.70. The van der Waals surface area contributed by atoms with Gasteiger partial charge in [0.1, 0.15) is 0 Å². The highest BCUT2D eigenvalue weighted by molar-refractivity contribution is 7.10. The van der Waals surface area contributed by atoms with Crippen LogP contribution in [0.4, 0.5) is 0 Å². The first kappa shape index (κ1) is 8.27. The van der Waals surface area contributed by atoms with Crippen molar-refractivity contribution in [1.82, 2.24) is 0 Å². The van der Waals surface area contributed by atoms with Crippen molar-refractivity contribution in [1.29, 1.82) is 0 Å². The van der Waals surface area contributed by atoms with Crippen molar-refractivity contribution in [3.05, 3.63) is 21.9 Å². The molecule has 2 rings (SSSR count). The molecular weight excluding hydrogens is 166 g/mol. The van der Waals surface area contributed by atoms with Crippen LogP contribution in [-0.2, 0) is 0 Å². The molecule has 1 aromatic rings. The maximum absolute atomic E-state index is 6.14. The van der Waals surface area contributed by atoms with Crippen molar-refractivity contribution in [2.45, 2.75) is 26.3 Å². The molecule has 0 aliphatic heterocycles. The average Bonchev–Trinajstić information content (AvgIpc) is 2.59. The second-order valence-corrected chi connectivity index (χ2v) is 4.95. The molecule has 2 N–H and O–H groups in total. The van der Waals surface area contributed by atoms with Crippen LogP contribution in [0.25, 0.3) is 0 Å². The van der Waals surface area contributed by atoms with E-state index in [0.29, 0.717) is 6.04 Å². The van der Waals surface area contributed by atoms with Gasteiger partial charge in [-0.15, -0.1) is 11.3 Å². The Hall–Kier alpha value is -0.340. The fourth-order valence-electron chi connectivity index (χ4n) is 1.82. The molecule has 12 heavy (non-hydrogen) atoms. The molecule has 1 nitrogen and oxygen atoms in total. The van der Waals surface area contributed by atoms with Gasteiger partial charge in [-0.05, 0) is 42.2 Å². The maximum Gasteiger partial charge on any atom is 0.0337 e. The zero-order valence-corrected chi connectivity index (χ0v) is 8.40. The van der Waals surface area contributed by atoms with Crippen molar-refractivity contribution >= 4 is 11.3 Å². The third-order valence-electron chi connectivity index (χ3n) is 2.89. The standard InChI is InChI=1S/C10H15NS/c1-6-5-9(6)10(11)8-3-4-12-7(8)2/h3-4,6,9-10H,5,11H2,1-2H3. The van der Waals surface area contributed by atoms with Gasteiger partial charge in [0.2, 0.25) is 0 Å². The van der Waals surface area contributed by atoms with E-state index in [2.05, 4.69) is 25.3 Å². The minimum Gasteiger partial charge on any atom is -0.324 e. The zero-order chi connectivity index (χ0) is 8.72. The van der Waals surface area contributed by atoms with Gasteiger partial charge < -0.3 is 5.73 Å². The van der Waals surface area contributed by atoms with E-state index in [-0.39, 0.29) is 0 Å². The molecule has 1 aliphatic carbocycles. The van der Waals surface area contributed by atoms with Crippen molar-refractivity contribution in [3.63, 3.8) is 0 Å². The van der Waals surface area contributed by atoms with Crippen LogP contribution in [0.15, 0.2) is 11.4 Å². The normalized spacial score (nSPS) is 30.2. The lowest BCUT2D eigenvalue weighted by Crippen LogP contribution is -2.13. The average molecular weight is 181 g/mol. The van der Waals surface area contributed by atoms with E-state index in [4.69, 9.17) is 5.73 Å². The Balaban J connectivity index is 2.14. The van der Waals surface area contributed by atoms with E-state index >= 15 is 0 Å². The van der Waals surface area contributed by atoms with E-state index < -0.39 is 0 Å². The predicted octanol–water partition coefficient (Wildman–Crippen LogP) is 2.71. The number of nitrogens with two attached hydrogens (primary N) is 1. The number of thiophene rings is 1. The van der Waals surface area contributed by atoms with Gasteiger partial charge in [-0.3, -0.25) is 0 Å². The Morgan fingerprint density at radius 2 is 2.33 bits per heavy atom. The maximum atomic E-state index is 6.14. The highest BCUT2D eigenvalue weighted by Crippen LogP contribution is 2.46. The molecule has 1 fully saturated rings. The Morgan fingerprint density at radius 3 is 2.75 bits per heavy atom. The van der Waals surface area contributed by atoms with Crippen LogP contribution in [0.1, 0.15) is 29.8 Å². The van der Waals surface area contributed by atoms with Gasteiger partial charge in [0.15, 0.2) is 0 Å². The largest absolute Gasteiger partial charge is 0.324 e. The Morgan fingerprint density at radius 1 is 1.67 bits per heavy atom. The molecule has 0 amide bonds. The van der Waals surface area contributed by atoms with E-state index in [1.807, 2.05) is 0 Å². The number of rotatable bonds is 2. The van der Waals surface area contributed by atoms with Crippen molar-refractivity contribution in [3.8, 4) is 0 Å². The van der Waals surface area contributed by atoms with Gasteiger partial charge in [-0.2, -0.15) is 0 Å². The molecule has 1 aliphatic rings. The molecule has 0 saturated heterocycles. The van der Waals surface area contributed by atoms with Gasteiger partial charge in [0.05, 0.1) is 0 Å².